The highest BCUT2D eigenvalue weighted by Gasteiger charge is 2.26. The molecule has 3 heterocycles. The predicted molar refractivity (Wildman–Crippen MR) is 118 cm³/mol. The van der Waals surface area contributed by atoms with Crippen molar-refractivity contribution in [2.24, 2.45) is 0 Å². The molecule has 166 valence electrons. The Hall–Kier alpha value is -2.99. The summed E-state index contributed by atoms with van der Waals surface area (Å²) >= 11 is 1.30. The highest BCUT2D eigenvalue weighted by molar-refractivity contribution is 7.89. The third kappa shape index (κ3) is 4.07. The van der Waals surface area contributed by atoms with Crippen LogP contribution < -0.4 is 14.8 Å². The van der Waals surface area contributed by atoms with E-state index in [1.165, 1.54) is 39.9 Å². The van der Waals surface area contributed by atoms with Crippen molar-refractivity contribution in [3.63, 3.8) is 0 Å². The smallest absolute Gasteiger partial charge is 0.257 e. The van der Waals surface area contributed by atoms with Gasteiger partial charge in [-0.05, 0) is 42.5 Å². The number of amides is 1. The van der Waals surface area contributed by atoms with Crippen molar-refractivity contribution in [3.8, 4) is 22.8 Å². The van der Waals surface area contributed by atoms with Crippen LogP contribution in [0.25, 0.3) is 11.3 Å². The largest absolute Gasteiger partial charge is 0.454 e. The van der Waals surface area contributed by atoms with Crippen molar-refractivity contribution >= 4 is 32.4 Å². The lowest BCUT2D eigenvalue weighted by Crippen LogP contribution is -2.40. The topological polar surface area (TPSA) is 107 Å². The van der Waals surface area contributed by atoms with E-state index in [4.69, 9.17) is 14.2 Å². The van der Waals surface area contributed by atoms with Gasteiger partial charge in [0, 0.05) is 29.6 Å². The molecule has 1 saturated heterocycles. The van der Waals surface area contributed by atoms with Gasteiger partial charge >= 0.3 is 0 Å². The second-order valence-electron chi connectivity index (χ2n) is 7.10. The standard InChI is InChI=1S/C21H19N3O6S2/c25-20(14-1-4-16(5-2-14)32(26,27)24-7-9-28-10-8-24)23-21-22-17(12-31-21)15-3-6-18-19(11-15)30-13-29-18/h1-6,11-12H,7-10,13H2,(H,22,23,25). The number of benzene rings is 2. The number of nitrogens with zero attached hydrogens (tertiary/aromatic N) is 2. The van der Waals surface area contributed by atoms with E-state index in [2.05, 4.69) is 10.3 Å². The molecular weight excluding hydrogens is 454 g/mol. The van der Waals surface area contributed by atoms with Crippen LogP contribution in [-0.2, 0) is 14.8 Å². The fourth-order valence-corrected chi connectivity index (χ4v) is 5.53. The van der Waals surface area contributed by atoms with Gasteiger partial charge in [-0.3, -0.25) is 10.1 Å². The molecule has 1 N–H and O–H groups in total. The molecule has 1 amide bonds. The van der Waals surface area contributed by atoms with Gasteiger partial charge in [-0.1, -0.05) is 0 Å². The van der Waals surface area contributed by atoms with E-state index in [0.29, 0.717) is 54.2 Å². The highest BCUT2D eigenvalue weighted by atomic mass is 32.2. The highest BCUT2D eigenvalue weighted by Crippen LogP contribution is 2.36. The first-order valence-electron chi connectivity index (χ1n) is 9.85. The summed E-state index contributed by atoms with van der Waals surface area (Å²) in [5, 5.41) is 5.03. The molecule has 2 aromatic carbocycles. The molecule has 1 aromatic heterocycles. The molecule has 0 bridgehead atoms. The first kappa shape index (κ1) is 20.9. The molecule has 11 heteroatoms. The van der Waals surface area contributed by atoms with Crippen LogP contribution >= 0.6 is 11.3 Å². The fourth-order valence-electron chi connectivity index (χ4n) is 3.40. The van der Waals surface area contributed by atoms with E-state index in [-0.39, 0.29) is 17.6 Å². The molecule has 0 radical (unpaired) electrons. The molecule has 0 unspecified atom stereocenters. The van der Waals surface area contributed by atoms with Crippen molar-refractivity contribution in [3.05, 3.63) is 53.4 Å². The van der Waals surface area contributed by atoms with Gasteiger partial charge in [0.15, 0.2) is 16.6 Å². The summed E-state index contributed by atoms with van der Waals surface area (Å²) in [7, 11) is -3.60. The number of morpholine rings is 1. The first-order valence-corrected chi connectivity index (χ1v) is 12.2. The van der Waals surface area contributed by atoms with E-state index in [0.717, 1.165) is 5.56 Å². The van der Waals surface area contributed by atoms with Gasteiger partial charge in [0.2, 0.25) is 16.8 Å². The number of thiazole rings is 1. The van der Waals surface area contributed by atoms with Crippen LogP contribution in [0.15, 0.2) is 52.7 Å². The Balaban J connectivity index is 1.27. The molecule has 2 aliphatic heterocycles. The molecule has 5 rings (SSSR count). The zero-order valence-electron chi connectivity index (χ0n) is 16.8. The molecule has 1 fully saturated rings. The zero-order chi connectivity index (χ0) is 22.1. The minimum absolute atomic E-state index is 0.148. The second kappa shape index (κ2) is 8.51. The number of hydrogen-bond acceptors (Lipinski definition) is 8. The summed E-state index contributed by atoms with van der Waals surface area (Å²) in [5.41, 5.74) is 1.89. The van der Waals surface area contributed by atoms with Crippen molar-refractivity contribution in [2.75, 3.05) is 38.4 Å². The number of rotatable bonds is 5. The lowest BCUT2D eigenvalue weighted by Gasteiger charge is -2.26. The molecule has 3 aromatic rings. The summed E-state index contributed by atoms with van der Waals surface area (Å²) in [6.07, 6.45) is 0. The van der Waals surface area contributed by atoms with Crippen LogP contribution in [0.5, 0.6) is 11.5 Å². The van der Waals surface area contributed by atoms with E-state index >= 15 is 0 Å². The number of ether oxygens (including phenoxy) is 3. The minimum atomic E-state index is -3.60. The molecule has 9 nitrogen and oxygen atoms in total. The number of anilines is 1. The molecule has 0 atom stereocenters. The van der Waals surface area contributed by atoms with Crippen LogP contribution in [0, 0.1) is 0 Å². The number of nitrogens with one attached hydrogen (secondary N) is 1. The molecule has 2 aliphatic rings. The van der Waals surface area contributed by atoms with Gasteiger partial charge in [0.1, 0.15) is 0 Å². The first-order chi connectivity index (χ1) is 15.5. The van der Waals surface area contributed by atoms with E-state index in [9.17, 15) is 13.2 Å². The number of fused-ring (bicyclic) bond motifs is 1. The van der Waals surface area contributed by atoms with E-state index < -0.39 is 10.0 Å². The Labute approximate surface area is 188 Å². The SMILES string of the molecule is O=C(Nc1nc(-c2ccc3c(c2)OCO3)cs1)c1ccc(S(=O)(=O)N2CCOCC2)cc1. The number of hydrogen-bond donors (Lipinski definition) is 1. The summed E-state index contributed by atoms with van der Waals surface area (Å²) in [5.74, 6) is 0.983. The van der Waals surface area contributed by atoms with Gasteiger partial charge in [-0.2, -0.15) is 4.31 Å². The fraction of sp³-hybridized carbons (Fsp3) is 0.238. The molecule has 0 saturated carbocycles. The predicted octanol–water partition coefficient (Wildman–Crippen LogP) is 2.81. The van der Waals surface area contributed by atoms with E-state index in [1.807, 2.05) is 23.6 Å². The van der Waals surface area contributed by atoms with Crippen LogP contribution in [-0.4, -0.2) is 56.7 Å². The molecule has 0 aliphatic carbocycles. The Morgan fingerprint density at radius 2 is 1.78 bits per heavy atom. The number of carbonyl (C=O) groups excluding carboxylic acids is 1. The van der Waals surface area contributed by atoms with Gasteiger partial charge in [-0.15, -0.1) is 11.3 Å². The number of aromatic nitrogens is 1. The van der Waals surface area contributed by atoms with E-state index in [1.54, 1.807) is 0 Å². The van der Waals surface area contributed by atoms with Crippen molar-refractivity contribution in [1.82, 2.24) is 9.29 Å². The lowest BCUT2D eigenvalue weighted by molar-refractivity contribution is 0.0730. The van der Waals surface area contributed by atoms with Gasteiger partial charge < -0.3 is 14.2 Å². The summed E-state index contributed by atoms with van der Waals surface area (Å²) in [6.45, 7) is 1.59. The summed E-state index contributed by atoms with van der Waals surface area (Å²) < 4.78 is 42.7. The second-order valence-corrected chi connectivity index (χ2v) is 9.90. The van der Waals surface area contributed by atoms with Crippen molar-refractivity contribution in [2.45, 2.75) is 4.90 Å². The lowest BCUT2D eigenvalue weighted by atomic mass is 10.1. The number of sulfonamides is 1. The normalized spacial score (nSPS) is 16.1. The maximum atomic E-state index is 12.7. The Morgan fingerprint density at radius 3 is 2.56 bits per heavy atom. The summed E-state index contributed by atoms with van der Waals surface area (Å²) in [4.78, 5) is 17.2. The molecule has 32 heavy (non-hydrogen) atoms. The van der Waals surface area contributed by atoms with Crippen molar-refractivity contribution in [1.29, 1.82) is 0 Å². The van der Waals surface area contributed by atoms with Crippen LogP contribution in [0.3, 0.4) is 0 Å². The van der Waals surface area contributed by atoms with Gasteiger partial charge in [0.25, 0.3) is 5.91 Å². The quantitative estimate of drug-likeness (QED) is 0.607. The third-order valence-electron chi connectivity index (χ3n) is 5.12. The number of carbonyl (C=O) groups is 1. The Kier molecular flexibility index (Phi) is 5.55. The molecule has 0 spiro atoms. The Bertz CT molecular complexity index is 1250. The summed E-state index contributed by atoms with van der Waals surface area (Å²) in [6, 6.07) is 11.4. The zero-order valence-corrected chi connectivity index (χ0v) is 18.4. The van der Waals surface area contributed by atoms with Crippen LogP contribution in [0.1, 0.15) is 10.4 Å². The minimum Gasteiger partial charge on any atom is -0.454 e. The Morgan fingerprint density at radius 1 is 1.03 bits per heavy atom. The maximum absolute atomic E-state index is 12.7. The average molecular weight is 474 g/mol. The van der Waals surface area contributed by atoms with Crippen molar-refractivity contribution < 1.29 is 27.4 Å². The van der Waals surface area contributed by atoms with Crippen LogP contribution in [0.4, 0.5) is 5.13 Å². The monoisotopic (exact) mass is 473 g/mol. The van der Waals surface area contributed by atoms with Gasteiger partial charge in [0.05, 0.1) is 23.8 Å². The average Bonchev–Trinajstić information content (AvgIpc) is 3.48. The maximum Gasteiger partial charge on any atom is 0.257 e. The van der Waals surface area contributed by atoms with Gasteiger partial charge in [-0.25, -0.2) is 13.4 Å². The molecular formula is C21H19N3O6S2. The van der Waals surface area contributed by atoms with Crippen LogP contribution in [0.2, 0.25) is 0 Å². The third-order valence-corrected chi connectivity index (χ3v) is 7.79.